The number of nitrogens with zero attached hydrogens (tertiary/aromatic N) is 1. The monoisotopic (exact) mass is 314 g/mol. The number of aliphatic hydroxyl groups excluding tert-OH is 1. The summed E-state index contributed by atoms with van der Waals surface area (Å²) in [5, 5.41) is 11.4. The van der Waals surface area contributed by atoms with Crippen molar-refractivity contribution in [3.63, 3.8) is 0 Å². The normalized spacial score (nSPS) is 12.9. The maximum absolute atomic E-state index is 11.5. The third-order valence-electron chi connectivity index (χ3n) is 2.40. The number of rotatable bonds is 5. The second-order valence-electron chi connectivity index (χ2n) is 4.07. The topological polar surface area (TPSA) is 122 Å². The second kappa shape index (κ2) is 8.12. The highest BCUT2D eigenvalue weighted by Gasteiger charge is 2.26. The molecule has 1 aromatic rings. The SMILES string of the molecule is C[C@@H](O)[C@H](NC(=O)OCc1ccccc1)C(=O)N=S(=O)=O. The Morgan fingerprint density at radius 1 is 1.33 bits per heavy atom. The van der Waals surface area contributed by atoms with E-state index in [1.165, 1.54) is 6.92 Å². The first-order valence-electron chi connectivity index (χ1n) is 5.90. The Balaban J connectivity index is 2.61. The number of benzene rings is 1. The van der Waals surface area contributed by atoms with E-state index in [9.17, 15) is 23.1 Å². The van der Waals surface area contributed by atoms with Gasteiger partial charge in [0.05, 0.1) is 6.10 Å². The molecule has 9 heteroatoms. The van der Waals surface area contributed by atoms with Crippen LogP contribution in [-0.4, -0.2) is 37.7 Å². The predicted molar refractivity (Wildman–Crippen MR) is 71.6 cm³/mol. The largest absolute Gasteiger partial charge is 0.445 e. The van der Waals surface area contributed by atoms with Crippen LogP contribution < -0.4 is 5.32 Å². The molecule has 0 spiro atoms. The molecule has 0 aromatic heterocycles. The van der Waals surface area contributed by atoms with Gasteiger partial charge in [0.25, 0.3) is 5.91 Å². The molecule has 0 aliphatic heterocycles. The van der Waals surface area contributed by atoms with Crippen LogP contribution in [-0.2, 0) is 26.6 Å². The minimum atomic E-state index is -2.96. The average Bonchev–Trinajstić information content (AvgIpc) is 2.42. The van der Waals surface area contributed by atoms with Crippen LogP contribution in [0.15, 0.2) is 34.7 Å². The Bertz CT molecular complexity index is 618. The van der Waals surface area contributed by atoms with Crippen molar-refractivity contribution in [2.24, 2.45) is 4.36 Å². The first-order chi connectivity index (χ1) is 9.90. The number of aliphatic hydroxyl groups is 1. The molecule has 0 aliphatic carbocycles. The highest BCUT2D eigenvalue weighted by atomic mass is 32.2. The molecule has 1 aromatic carbocycles. The van der Waals surface area contributed by atoms with Crippen molar-refractivity contribution in [3.8, 4) is 0 Å². The van der Waals surface area contributed by atoms with E-state index in [4.69, 9.17) is 4.74 Å². The lowest BCUT2D eigenvalue weighted by atomic mass is 10.2. The van der Waals surface area contributed by atoms with Gasteiger partial charge in [-0.05, 0) is 12.5 Å². The van der Waals surface area contributed by atoms with E-state index in [0.29, 0.717) is 0 Å². The summed E-state index contributed by atoms with van der Waals surface area (Å²) in [6, 6.07) is 7.31. The summed E-state index contributed by atoms with van der Waals surface area (Å²) in [6.07, 6.45) is -2.29. The van der Waals surface area contributed by atoms with Gasteiger partial charge in [0.15, 0.2) is 0 Å². The van der Waals surface area contributed by atoms with Gasteiger partial charge in [-0.15, -0.1) is 0 Å². The van der Waals surface area contributed by atoms with E-state index in [-0.39, 0.29) is 6.61 Å². The van der Waals surface area contributed by atoms with Gasteiger partial charge in [0, 0.05) is 0 Å². The molecule has 0 bridgehead atoms. The Hall–Kier alpha value is -2.26. The number of carbonyl (C=O) groups is 2. The minimum Gasteiger partial charge on any atom is -0.445 e. The summed E-state index contributed by atoms with van der Waals surface area (Å²) in [6.45, 7) is 1.18. The third kappa shape index (κ3) is 6.15. The standard InChI is InChI=1S/C12H14N2O6S/c1-8(15)10(11(16)14-21(18)19)13-12(17)20-7-9-5-3-2-4-6-9/h2-6,8,10,15H,7H2,1H3,(H,13,17)/t8-,10+/m1/s1. The van der Waals surface area contributed by atoms with E-state index < -0.39 is 34.6 Å². The number of nitrogens with one attached hydrogen (secondary N) is 1. The van der Waals surface area contributed by atoms with Crippen molar-refractivity contribution >= 4 is 22.5 Å². The van der Waals surface area contributed by atoms with Gasteiger partial charge in [0.2, 0.25) is 0 Å². The third-order valence-corrected chi connectivity index (χ3v) is 2.73. The van der Waals surface area contributed by atoms with Crippen LogP contribution in [0.4, 0.5) is 4.79 Å². The van der Waals surface area contributed by atoms with E-state index in [0.717, 1.165) is 5.56 Å². The van der Waals surface area contributed by atoms with Gasteiger partial charge in [-0.2, -0.15) is 8.42 Å². The van der Waals surface area contributed by atoms with E-state index in [1.807, 2.05) is 0 Å². The van der Waals surface area contributed by atoms with Gasteiger partial charge < -0.3 is 15.2 Å². The predicted octanol–water partition coefficient (Wildman–Crippen LogP) is 0.252. The van der Waals surface area contributed by atoms with Crippen molar-refractivity contribution in [2.45, 2.75) is 25.7 Å². The molecule has 2 amide bonds. The second-order valence-corrected chi connectivity index (χ2v) is 4.69. The van der Waals surface area contributed by atoms with Crippen LogP contribution in [0, 0.1) is 0 Å². The maximum Gasteiger partial charge on any atom is 0.408 e. The summed E-state index contributed by atoms with van der Waals surface area (Å²) >= 11 is 0. The summed E-state index contributed by atoms with van der Waals surface area (Å²) < 4.78 is 28.2. The lowest BCUT2D eigenvalue weighted by Crippen LogP contribution is -2.47. The molecular formula is C12H14N2O6S. The maximum atomic E-state index is 11.5. The van der Waals surface area contributed by atoms with Gasteiger partial charge in [0.1, 0.15) is 12.6 Å². The van der Waals surface area contributed by atoms with Crippen molar-refractivity contribution < 1.29 is 27.9 Å². The number of ether oxygens (including phenoxy) is 1. The molecule has 0 fully saturated rings. The van der Waals surface area contributed by atoms with Crippen LogP contribution >= 0.6 is 0 Å². The first-order valence-corrected chi connectivity index (χ1v) is 6.93. The molecule has 8 nitrogen and oxygen atoms in total. The number of alkyl carbamates (subject to hydrolysis) is 1. The molecule has 0 heterocycles. The number of hydrogen-bond donors (Lipinski definition) is 2. The van der Waals surface area contributed by atoms with Crippen molar-refractivity contribution in [2.75, 3.05) is 0 Å². The van der Waals surface area contributed by atoms with E-state index in [1.54, 1.807) is 30.3 Å². The van der Waals surface area contributed by atoms with E-state index in [2.05, 4.69) is 9.68 Å². The zero-order chi connectivity index (χ0) is 15.8. The fourth-order valence-electron chi connectivity index (χ4n) is 1.41. The first kappa shape index (κ1) is 16.8. The van der Waals surface area contributed by atoms with Crippen LogP contribution in [0.1, 0.15) is 12.5 Å². The zero-order valence-corrected chi connectivity index (χ0v) is 11.9. The molecule has 0 saturated carbocycles. The summed E-state index contributed by atoms with van der Waals surface area (Å²) in [5.74, 6) is -1.19. The lowest BCUT2D eigenvalue weighted by molar-refractivity contribution is -0.121. The fraction of sp³-hybridized carbons (Fsp3) is 0.333. The summed E-state index contributed by atoms with van der Waals surface area (Å²) in [7, 11) is -2.96. The fourth-order valence-corrected chi connectivity index (χ4v) is 1.67. The van der Waals surface area contributed by atoms with Gasteiger partial charge in [-0.3, -0.25) is 4.79 Å². The van der Waals surface area contributed by atoms with Crippen LogP contribution in [0.3, 0.4) is 0 Å². The Kier molecular flexibility index (Phi) is 6.50. The van der Waals surface area contributed by atoms with Gasteiger partial charge in [-0.25, -0.2) is 4.79 Å². The summed E-state index contributed by atoms with van der Waals surface area (Å²) in [4.78, 5) is 22.9. The number of amides is 2. The van der Waals surface area contributed by atoms with Crippen molar-refractivity contribution in [1.82, 2.24) is 5.32 Å². The molecule has 0 saturated heterocycles. The molecule has 0 unspecified atom stereocenters. The Labute approximate surface area is 122 Å². The van der Waals surface area contributed by atoms with E-state index >= 15 is 0 Å². The smallest absolute Gasteiger partial charge is 0.408 e. The molecule has 1 rings (SSSR count). The number of hydrogen-bond acceptors (Lipinski definition) is 6. The van der Waals surface area contributed by atoms with Crippen LogP contribution in [0.2, 0.25) is 0 Å². The molecule has 2 atom stereocenters. The molecule has 0 radical (unpaired) electrons. The van der Waals surface area contributed by atoms with Crippen LogP contribution in [0.5, 0.6) is 0 Å². The zero-order valence-electron chi connectivity index (χ0n) is 11.1. The molecular weight excluding hydrogens is 300 g/mol. The molecule has 21 heavy (non-hydrogen) atoms. The highest BCUT2D eigenvalue weighted by Crippen LogP contribution is 2.02. The quantitative estimate of drug-likeness (QED) is 0.803. The van der Waals surface area contributed by atoms with Gasteiger partial charge in [-0.1, -0.05) is 34.7 Å². The Morgan fingerprint density at radius 2 is 1.95 bits per heavy atom. The van der Waals surface area contributed by atoms with Crippen molar-refractivity contribution in [1.29, 1.82) is 0 Å². The molecule has 2 N–H and O–H groups in total. The number of carbonyl (C=O) groups excluding carboxylic acids is 2. The minimum absolute atomic E-state index is 0.0297. The average molecular weight is 314 g/mol. The Morgan fingerprint density at radius 3 is 2.48 bits per heavy atom. The highest BCUT2D eigenvalue weighted by molar-refractivity contribution is 7.62. The van der Waals surface area contributed by atoms with Gasteiger partial charge >= 0.3 is 16.6 Å². The molecule has 114 valence electrons. The lowest BCUT2D eigenvalue weighted by Gasteiger charge is -2.17. The molecule has 0 aliphatic rings. The summed E-state index contributed by atoms with van der Waals surface area (Å²) in [5.41, 5.74) is 0.734. The van der Waals surface area contributed by atoms with Crippen molar-refractivity contribution in [3.05, 3.63) is 35.9 Å². The van der Waals surface area contributed by atoms with Crippen LogP contribution in [0.25, 0.3) is 0 Å².